The van der Waals surface area contributed by atoms with Gasteiger partial charge < -0.3 is 15.3 Å². The Morgan fingerprint density at radius 3 is 1.92 bits per heavy atom. The van der Waals surface area contributed by atoms with E-state index in [-0.39, 0.29) is 12.0 Å². The molecule has 0 amide bonds. The largest absolute Gasteiger partial charge is 0.358 e. The van der Waals surface area contributed by atoms with Crippen LogP contribution in [0.4, 0.5) is 5.69 Å². The first-order valence-electron chi connectivity index (χ1n) is 20.5. The smallest absolute Gasteiger partial charge is 0.169 e. The van der Waals surface area contributed by atoms with Crippen LogP contribution in [0, 0.1) is 0 Å². The van der Waals surface area contributed by atoms with Crippen molar-refractivity contribution in [3.63, 3.8) is 0 Å². The number of nitrogens with zero attached hydrogens (tertiary/aromatic N) is 5. The molecule has 0 aliphatic carbocycles. The summed E-state index contributed by atoms with van der Waals surface area (Å²) in [6, 6.07) is 30.3. The quantitative estimate of drug-likeness (QED) is 0.0886. The van der Waals surface area contributed by atoms with E-state index in [2.05, 4.69) is 189 Å². The summed E-state index contributed by atoms with van der Waals surface area (Å²) >= 11 is 5.71. The van der Waals surface area contributed by atoms with Crippen LogP contribution < -0.4 is 29.7 Å². The summed E-state index contributed by atoms with van der Waals surface area (Å²) in [7, 11) is 6.13. The fourth-order valence-corrected chi connectivity index (χ4v) is 8.52. The molecule has 3 aliphatic heterocycles. The molecule has 9 heteroatoms. The Kier molecular flexibility index (Phi) is 10.5. The fraction of sp³-hybridized carbons (Fsp3) is 0.200. The van der Waals surface area contributed by atoms with Crippen LogP contribution in [0.2, 0.25) is 0 Å². The summed E-state index contributed by atoms with van der Waals surface area (Å²) in [6.07, 6.45) is 25.7. The number of rotatable bonds is 9. The van der Waals surface area contributed by atoms with Gasteiger partial charge in [-0.15, -0.1) is 0 Å². The second-order valence-corrected chi connectivity index (χ2v) is 16.2. The summed E-state index contributed by atoms with van der Waals surface area (Å²) in [5, 5.41) is 5.42. The van der Waals surface area contributed by atoms with Gasteiger partial charge in [0.25, 0.3) is 0 Å². The maximum absolute atomic E-state index is 5.71. The van der Waals surface area contributed by atoms with E-state index in [0.29, 0.717) is 0 Å². The number of fused-ring (bicyclic) bond motifs is 6. The minimum atomic E-state index is -0.155. The monoisotopic (exact) mass is 793 g/mol. The maximum Gasteiger partial charge on any atom is 0.169 e. The molecule has 292 valence electrons. The summed E-state index contributed by atoms with van der Waals surface area (Å²) in [6.45, 7) is 2.22. The van der Waals surface area contributed by atoms with Gasteiger partial charge in [-0.25, -0.2) is 18.7 Å². The fourth-order valence-electron chi connectivity index (χ4n) is 8.26. The molecule has 2 unspecified atom stereocenters. The zero-order chi connectivity index (χ0) is 40.5. The van der Waals surface area contributed by atoms with Crippen molar-refractivity contribution in [2.24, 2.45) is 31.1 Å². The Hall–Kier alpha value is -6.58. The van der Waals surface area contributed by atoms with Crippen LogP contribution in [0.5, 0.6) is 0 Å². The van der Waals surface area contributed by atoms with Gasteiger partial charge in [0.15, 0.2) is 37.2 Å². The zero-order valence-corrected chi connectivity index (χ0v) is 34.8. The molecular weight excluding hydrogens is 745 g/mol. The molecule has 8 bridgehead atoms. The number of unbranched alkanes of at least 4 members (excludes halogenated alkanes) is 2. The SMILES string of the molecule is CCCCCC(=S)Nc1ccc(/C2=c3\cc/c([nH]3)=C(\c3cc[n+](C)cc3)C3=N/C(=C(/c4cc[n+](C)cc4)c4ccc([nH]4)C(c4cc[n+](C)cc4)C4C=CC2=N4)C=C3)cc1. The summed E-state index contributed by atoms with van der Waals surface area (Å²) in [5.74, 6) is -0.0651. The van der Waals surface area contributed by atoms with Crippen molar-refractivity contribution in [3.8, 4) is 0 Å². The molecule has 8 heterocycles. The second kappa shape index (κ2) is 16.3. The van der Waals surface area contributed by atoms with Crippen LogP contribution in [0.3, 0.4) is 0 Å². The maximum atomic E-state index is 5.71. The molecule has 59 heavy (non-hydrogen) atoms. The lowest BCUT2D eigenvalue weighted by Gasteiger charge is -2.20. The van der Waals surface area contributed by atoms with Gasteiger partial charge in [0.05, 0.1) is 34.1 Å². The minimum absolute atomic E-state index is 0.0651. The first-order chi connectivity index (χ1) is 28.8. The van der Waals surface area contributed by atoms with Gasteiger partial charge in [-0.05, 0) is 89.7 Å². The van der Waals surface area contributed by atoms with Crippen molar-refractivity contribution in [1.82, 2.24) is 9.97 Å². The number of pyridine rings is 3. The standard InChI is InChI=1S/C50H47N8S/c1-5-6-7-8-46(59)51-37-11-9-33(10-12-37)47-38-13-15-40(52-38)48(34-21-27-56(2)28-22-34)42-17-19-44(54-42)50(36-25-31-58(4)32-26-36)45-20-18-43(55-45)49(41-16-14-39(47)53-41)35-23-29-57(3)30-24-35/h9-32,40,48H,5-8H2,1-4H3,(H-,51,53,54,55,59)/q+1/p+2. The number of aromatic amines is 2. The third kappa shape index (κ3) is 7.86. The van der Waals surface area contributed by atoms with E-state index in [0.717, 1.165) is 96.1 Å². The summed E-state index contributed by atoms with van der Waals surface area (Å²) in [4.78, 5) is 19.7. The number of H-pyrrole nitrogens is 2. The van der Waals surface area contributed by atoms with Crippen molar-refractivity contribution < 1.29 is 13.7 Å². The van der Waals surface area contributed by atoms with Gasteiger partial charge in [0.1, 0.15) is 21.1 Å². The summed E-state index contributed by atoms with van der Waals surface area (Å²) < 4.78 is 6.19. The van der Waals surface area contributed by atoms with E-state index in [9.17, 15) is 0 Å². The van der Waals surface area contributed by atoms with E-state index >= 15 is 0 Å². The number of thiocarbonyl (C=S) groups is 1. The average Bonchev–Trinajstić information content (AvgIpc) is 4.09. The van der Waals surface area contributed by atoms with Gasteiger partial charge >= 0.3 is 0 Å². The number of hydrogen-bond acceptors (Lipinski definition) is 3. The molecule has 0 spiro atoms. The molecule has 0 saturated carbocycles. The number of aromatic nitrogens is 5. The highest BCUT2D eigenvalue weighted by Gasteiger charge is 2.30. The molecule has 0 saturated heterocycles. The van der Waals surface area contributed by atoms with E-state index < -0.39 is 0 Å². The Bertz CT molecular complexity index is 2830. The molecule has 9 rings (SSSR count). The van der Waals surface area contributed by atoms with Crippen molar-refractivity contribution in [2.75, 3.05) is 5.32 Å². The van der Waals surface area contributed by atoms with Crippen molar-refractivity contribution in [3.05, 3.63) is 196 Å². The van der Waals surface area contributed by atoms with Crippen LogP contribution in [0.15, 0.2) is 162 Å². The van der Waals surface area contributed by atoms with E-state index in [4.69, 9.17) is 22.2 Å². The lowest BCUT2D eigenvalue weighted by molar-refractivity contribution is -0.671. The Morgan fingerprint density at radius 1 is 0.644 bits per heavy atom. The minimum Gasteiger partial charge on any atom is -0.358 e. The predicted octanol–water partition coefficient (Wildman–Crippen LogP) is 6.53. The molecular formula is C50H49N8S+3. The number of hydrogen-bond donors (Lipinski definition) is 3. The van der Waals surface area contributed by atoms with Crippen LogP contribution in [-0.2, 0) is 21.1 Å². The topological polar surface area (TPSA) is 80.0 Å². The molecule has 2 atom stereocenters. The van der Waals surface area contributed by atoms with E-state index in [1.54, 1.807) is 0 Å². The van der Waals surface area contributed by atoms with Crippen molar-refractivity contribution in [1.29, 1.82) is 0 Å². The Morgan fingerprint density at radius 2 is 1.25 bits per heavy atom. The molecule has 5 aromatic heterocycles. The van der Waals surface area contributed by atoms with E-state index in [1.165, 1.54) is 18.4 Å². The molecule has 8 nitrogen and oxygen atoms in total. The van der Waals surface area contributed by atoms with Gasteiger partial charge in [-0.3, -0.25) is 4.99 Å². The number of aliphatic imine (C=N–C) groups is 2. The number of allylic oxidation sites excluding steroid dienone is 3. The van der Waals surface area contributed by atoms with Gasteiger partial charge in [-0.2, -0.15) is 0 Å². The third-order valence-corrected chi connectivity index (χ3v) is 11.7. The molecule has 1 aromatic carbocycles. The molecule has 3 aliphatic rings. The molecule has 0 radical (unpaired) electrons. The molecule has 6 aromatic rings. The summed E-state index contributed by atoms with van der Waals surface area (Å²) in [5.41, 5.74) is 13.3. The highest BCUT2D eigenvalue weighted by atomic mass is 32.1. The second-order valence-electron chi connectivity index (χ2n) is 15.7. The average molecular weight is 794 g/mol. The lowest BCUT2D eigenvalue weighted by Crippen LogP contribution is -2.27. The first kappa shape index (κ1) is 38.0. The number of benzene rings is 1. The zero-order valence-electron chi connectivity index (χ0n) is 34.0. The van der Waals surface area contributed by atoms with Crippen LogP contribution >= 0.6 is 12.2 Å². The van der Waals surface area contributed by atoms with Gasteiger partial charge in [0.2, 0.25) is 0 Å². The Balaban J connectivity index is 1.28. The first-order valence-corrected chi connectivity index (χ1v) is 20.9. The highest BCUT2D eigenvalue weighted by Crippen LogP contribution is 2.37. The molecule has 0 fully saturated rings. The van der Waals surface area contributed by atoms with Crippen molar-refractivity contribution >= 4 is 51.0 Å². The number of anilines is 1. The normalized spacial score (nSPS) is 20.1. The third-order valence-electron chi connectivity index (χ3n) is 11.4. The van der Waals surface area contributed by atoms with E-state index in [1.807, 2.05) is 14.1 Å². The number of aryl methyl sites for hydroxylation is 3. The predicted molar refractivity (Wildman–Crippen MR) is 240 cm³/mol. The van der Waals surface area contributed by atoms with Gasteiger partial charge in [0, 0.05) is 80.9 Å². The van der Waals surface area contributed by atoms with Crippen LogP contribution in [-0.4, -0.2) is 32.4 Å². The van der Waals surface area contributed by atoms with Gasteiger partial charge in [-0.1, -0.05) is 50.2 Å². The molecule has 3 N–H and O–H groups in total. The van der Waals surface area contributed by atoms with Crippen molar-refractivity contribution in [2.45, 2.75) is 44.6 Å². The Labute approximate surface area is 350 Å². The highest BCUT2D eigenvalue weighted by molar-refractivity contribution is 7.80. The van der Waals surface area contributed by atoms with Crippen LogP contribution in [0.25, 0.3) is 16.7 Å². The lowest BCUT2D eigenvalue weighted by atomic mass is 9.90. The number of nitrogens with one attached hydrogen (secondary N) is 3. The van der Waals surface area contributed by atoms with Crippen LogP contribution in [0.1, 0.15) is 72.2 Å².